The van der Waals surface area contributed by atoms with Gasteiger partial charge in [-0.15, -0.1) is 0 Å². The van der Waals surface area contributed by atoms with Gasteiger partial charge in [0.15, 0.2) is 12.7 Å². The zero-order valence-corrected chi connectivity index (χ0v) is 14.4. The molecular formula is C19H19NO6. The number of hydrogen-bond donors (Lipinski definition) is 1. The van der Waals surface area contributed by atoms with E-state index < -0.39 is 30.5 Å². The van der Waals surface area contributed by atoms with E-state index in [1.165, 1.54) is 20.1 Å². The Hall–Kier alpha value is -3.35. The first kappa shape index (κ1) is 19.0. The molecule has 0 unspecified atom stereocenters. The number of rotatable bonds is 7. The first-order chi connectivity index (χ1) is 12.5. The highest BCUT2D eigenvalue weighted by atomic mass is 16.6. The van der Waals surface area contributed by atoms with Gasteiger partial charge in [0.25, 0.3) is 11.8 Å². The first-order valence-corrected chi connectivity index (χ1v) is 7.86. The summed E-state index contributed by atoms with van der Waals surface area (Å²) in [5.41, 5.74) is 0.204. The van der Waals surface area contributed by atoms with Crippen LogP contribution in [0.2, 0.25) is 0 Å². The molecule has 0 aliphatic carbocycles. The average Bonchev–Trinajstić information content (AvgIpc) is 2.66. The van der Waals surface area contributed by atoms with Crippen LogP contribution in [-0.4, -0.2) is 37.6 Å². The summed E-state index contributed by atoms with van der Waals surface area (Å²) in [4.78, 5) is 35.8. The van der Waals surface area contributed by atoms with Crippen LogP contribution in [0.1, 0.15) is 17.3 Å². The molecule has 1 N–H and O–H groups in total. The lowest BCUT2D eigenvalue weighted by Crippen LogP contribution is -2.36. The fourth-order valence-electron chi connectivity index (χ4n) is 2.07. The number of ether oxygens (including phenoxy) is 3. The molecule has 0 aromatic heterocycles. The van der Waals surface area contributed by atoms with Gasteiger partial charge in [-0.05, 0) is 31.2 Å². The second-order valence-corrected chi connectivity index (χ2v) is 5.26. The lowest BCUT2D eigenvalue weighted by molar-refractivity contribution is -0.154. The van der Waals surface area contributed by atoms with Crippen molar-refractivity contribution in [3.05, 3.63) is 60.2 Å². The van der Waals surface area contributed by atoms with Crippen molar-refractivity contribution >= 4 is 17.8 Å². The minimum Gasteiger partial charge on any atom is -0.496 e. The number of carbonyl (C=O) groups is 3. The smallest absolute Gasteiger partial charge is 0.347 e. The Labute approximate surface area is 150 Å². The van der Waals surface area contributed by atoms with Crippen LogP contribution in [0.25, 0.3) is 0 Å². The maximum atomic E-state index is 12.1. The van der Waals surface area contributed by atoms with E-state index in [1.807, 2.05) is 6.07 Å². The van der Waals surface area contributed by atoms with Crippen LogP contribution in [0.15, 0.2) is 54.6 Å². The molecule has 1 atom stereocenters. The van der Waals surface area contributed by atoms with Crippen LogP contribution in [0.5, 0.6) is 11.5 Å². The fourth-order valence-corrected chi connectivity index (χ4v) is 2.07. The highest BCUT2D eigenvalue weighted by Gasteiger charge is 2.19. The topological polar surface area (TPSA) is 90.9 Å². The summed E-state index contributed by atoms with van der Waals surface area (Å²) in [7, 11) is 1.42. The summed E-state index contributed by atoms with van der Waals surface area (Å²) < 4.78 is 15.3. The molecule has 7 heteroatoms. The molecule has 2 aromatic carbocycles. The Morgan fingerprint density at radius 2 is 1.65 bits per heavy atom. The predicted molar refractivity (Wildman–Crippen MR) is 93.0 cm³/mol. The first-order valence-electron chi connectivity index (χ1n) is 7.86. The Morgan fingerprint density at radius 1 is 1.00 bits per heavy atom. The summed E-state index contributed by atoms with van der Waals surface area (Å²) in [5, 5.41) is 2.14. The van der Waals surface area contributed by atoms with Gasteiger partial charge in [-0.2, -0.15) is 0 Å². The molecule has 136 valence electrons. The van der Waals surface area contributed by atoms with E-state index in [0.717, 1.165) is 0 Å². The van der Waals surface area contributed by atoms with E-state index in [2.05, 4.69) is 5.32 Å². The van der Waals surface area contributed by atoms with Crippen molar-refractivity contribution in [3.8, 4) is 11.5 Å². The van der Waals surface area contributed by atoms with Gasteiger partial charge in [-0.25, -0.2) is 4.79 Å². The third-order valence-electron chi connectivity index (χ3n) is 3.34. The zero-order valence-electron chi connectivity index (χ0n) is 14.4. The van der Waals surface area contributed by atoms with Crippen molar-refractivity contribution < 1.29 is 28.6 Å². The Morgan fingerprint density at radius 3 is 2.35 bits per heavy atom. The van der Waals surface area contributed by atoms with Gasteiger partial charge >= 0.3 is 5.97 Å². The van der Waals surface area contributed by atoms with Crippen LogP contribution in [-0.2, 0) is 14.3 Å². The number of hydrogen-bond acceptors (Lipinski definition) is 6. The highest BCUT2D eigenvalue weighted by molar-refractivity contribution is 6.06. The third kappa shape index (κ3) is 5.34. The summed E-state index contributed by atoms with van der Waals surface area (Å²) in [5.74, 6) is -1.26. The normalized spacial score (nSPS) is 11.2. The molecule has 0 bridgehead atoms. The molecule has 0 aliphatic heterocycles. The van der Waals surface area contributed by atoms with Crippen molar-refractivity contribution in [2.75, 3.05) is 13.7 Å². The number of esters is 1. The molecule has 0 fully saturated rings. The second kappa shape index (κ2) is 9.22. The van der Waals surface area contributed by atoms with E-state index in [4.69, 9.17) is 14.2 Å². The second-order valence-electron chi connectivity index (χ2n) is 5.26. The van der Waals surface area contributed by atoms with E-state index in [-0.39, 0.29) is 5.56 Å². The van der Waals surface area contributed by atoms with E-state index in [1.54, 1.807) is 42.5 Å². The number of benzene rings is 2. The maximum absolute atomic E-state index is 12.1. The van der Waals surface area contributed by atoms with Crippen molar-refractivity contribution in [1.82, 2.24) is 5.32 Å². The molecule has 0 aliphatic rings. The van der Waals surface area contributed by atoms with Gasteiger partial charge in [0.2, 0.25) is 0 Å². The largest absolute Gasteiger partial charge is 0.496 e. The lowest BCUT2D eigenvalue weighted by atomic mass is 10.2. The summed E-state index contributed by atoms with van der Waals surface area (Å²) >= 11 is 0. The van der Waals surface area contributed by atoms with Crippen molar-refractivity contribution in [1.29, 1.82) is 0 Å². The number of para-hydroxylation sites is 2. The van der Waals surface area contributed by atoms with Crippen LogP contribution < -0.4 is 14.8 Å². The fraction of sp³-hybridized carbons (Fsp3) is 0.211. The predicted octanol–water partition coefficient (Wildman–Crippen LogP) is 1.96. The molecular weight excluding hydrogens is 338 g/mol. The van der Waals surface area contributed by atoms with Gasteiger partial charge in [-0.3, -0.25) is 14.9 Å². The number of nitrogens with one attached hydrogen (secondary N) is 1. The summed E-state index contributed by atoms with van der Waals surface area (Å²) in [6.45, 7) is 0.912. The van der Waals surface area contributed by atoms with Crippen molar-refractivity contribution in [2.24, 2.45) is 0 Å². The van der Waals surface area contributed by atoms with Gasteiger partial charge in [0.05, 0.1) is 12.7 Å². The van der Waals surface area contributed by atoms with Crippen LogP contribution in [0.4, 0.5) is 0 Å². The summed E-state index contributed by atoms with van der Waals surface area (Å²) in [6, 6.07) is 15.2. The van der Waals surface area contributed by atoms with Crippen molar-refractivity contribution in [2.45, 2.75) is 13.0 Å². The van der Waals surface area contributed by atoms with E-state index in [0.29, 0.717) is 11.5 Å². The minimum absolute atomic E-state index is 0.204. The molecule has 0 radical (unpaired) electrons. The SMILES string of the molecule is COc1ccccc1C(=O)NC(=O)COC(=O)[C@H](C)Oc1ccccc1. The molecule has 7 nitrogen and oxygen atoms in total. The average molecular weight is 357 g/mol. The number of carbonyl (C=O) groups excluding carboxylic acids is 3. The van der Waals surface area contributed by atoms with Crippen LogP contribution >= 0.6 is 0 Å². The number of methoxy groups -OCH3 is 1. The maximum Gasteiger partial charge on any atom is 0.347 e. The number of imide groups is 1. The molecule has 0 heterocycles. The molecule has 26 heavy (non-hydrogen) atoms. The summed E-state index contributed by atoms with van der Waals surface area (Å²) in [6.07, 6.45) is -0.893. The molecule has 0 saturated carbocycles. The minimum atomic E-state index is -0.893. The monoisotopic (exact) mass is 357 g/mol. The zero-order chi connectivity index (χ0) is 18.9. The molecule has 0 spiro atoms. The molecule has 2 rings (SSSR count). The number of amides is 2. The van der Waals surface area contributed by atoms with Gasteiger partial charge in [0.1, 0.15) is 11.5 Å². The highest BCUT2D eigenvalue weighted by Crippen LogP contribution is 2.16. The van der Waals surface area contributed by atoms with Gasteiger partial charge in [0, 0.05) is 0 Å². The molecule has 0 saturated heterocycles. The van der Waals surface area contributed by atoms with Crippen LogP contribution in [0.3, 0.4) is 0 Å². The lowest BCUT2D eigenvalue weighted by Gasteiger charge is -2.14. The van der Waals surface area contributed by atoms with Gasteiger partial charge in [-0.1, -0.05) is 30.3 Å². The Kier molecular flexibility index (Phi) is 6.73. The van der Waals surface area contributed by atoms with E-state index >= 15 is 0 Å². The molecule has 2 aromatic rings. The van der Waals surface area contributed by atoms with E-state index in [9.17, 15) is 14.4 Å². The molecule has 2 amide bonds. The Balaban J connectivity index is 1.82. The van der Waals surface area contributed by atoms with Gasteiger partial charge < -0.3 is 14.2 Å². The standard InChI is InChI=1S/C19H19NO6/c1-13(26-14-8-4-3-5-9-14)19(23)25-12-17(21)20-18(22)15-10-6-7-11-16(15)24-2/h3-11,13H,12H2,1-2H3,(H,20,21,22)/t13-/m0/s1. The Bertz CT molecular complexity index is 775. The third-order valence-corrected chi connectivity index (χ3v) is 3.34. The quantitative estimate of drug-likeness (QED) is 0.762. The van der Waals surface area contributed by atoms with Crippen molar-refractivity contribution in [3.63, 3.8) is 0 Å². The van der Waals surface area contributed by atoms with Crippen LogP contribution in [0, 0.1) is 0 Å².